The van der Waals surface area contributed by atoms with Crippen molar-refractivity contribution < 1.29 is 14.6 Å². The molecular formula is C12H24O3. The first kappa shape index (κ1) is 12.9. The fourth-order valence-corrected chi connectivity index (χ4v) is 2.00. The summed E-state index contributed by atoms with van der Waals surface area (Å²) in [5.41, 5.74) is 0. The number of aliphatic hydroxyl groups excluding tert-OH is 1. The average molecular weight is 216 g/mol. The van der Waals surface area contributed by atoms with Crippen LogP contribution in [0.4, 0.5) is 0 Å². The SMILES string of the molecule is CCCOCCOC1CCC(CO)CC1. The summed E-state index contributed by atoms with van der Waals surface area (Å²) in [4.78, 5) is 0. The van der Waals surface area contributed by atoms with E-state index in [-0.39, 0.29) is 0 Å². The molecule has 1 saturated carbocycles. The zero-order valence-electron chi connectivity index (χ0n) is 9.78. The molecule has 0 aromatic rings. The van der Waals surface area contributed by atoms with E-state index in [2.05, 4.69) is 6.92 Å². The van der Waals surface area contributed by atoms with Crippen molar-refractivity contribution in [3.05, 3.63) is 0 Å². The molecule has 0 atom stereocenters. The number of hydrogen-bond acceptors (Lipinski definition) is 3. The van der Waals surface area contributed by atoms with Crippen LogP contribution in [0.2, 0.25) is 0 Å². The van der Waals surface area contributed by atoms with Gasteiger partial charge in [0.25, 0.3) is 0 Å². The number of rotatable bonds is 7. The van der Waals surface area contributed by atoms with Crippen molar-refractivity contribution in [2.24, 2.45) is 5.92 Å². The van der Waals surface area contributed by atoms with Gasteiger partial charge in [0, 0.05) is 13.2 Å². The molecule has 0 unspecified atom stereocenters. The Kier molecular flexibility index (Phi) is 6.98. The first-order chi connectivity index (χ1) is 7.36. The smallest absolute Gasteiger partial charge is 0.0704 e. The van der Waals surface area contributed by atoms with Gasteiger partial charge in [-0.3, -0.25) is 0 Å². The van der Waals surface area contributed by atoms with Gasteiger partial charge < -0.3 is 14.6 Å². The minimum Gasteiger partial charge on any atom is -0.396 e. The molecular weight excluding hydrogens is 192 g/mol. The molecule has 1 rings (SSSR count). The molecule has 0 bridgehead atoms. The minimum atomic E-state index is 0.340. The predicted octanol–water partition coefficient (Wildman–Crippen LogP) is 1.98. The maximum Gasteiger partial charge on any atom is 0.0704 e. The molecule has 0 aromatic heterocycles. The van der Waals surface area contributed by atoms with Crippen LogP contribution in [0.1, 0.15) is 39.0 Å². The zero-order valence-corrected chi connectivity index (χ0v) is 9.78. The van der Waals surface area contributed by atoms with Gasteiger partial charge in [0.1, 0.15) is 0 Å². The fraction of sp³-hybridized carbons (Fsp3) is 1.00. The van der Waals surface area contributed by atoms with Crippen LogP contribution in [0.3, 0.4) is 0 Å². The van der Waals surface area contributed by atoms with Crippen LogP contribution < -0.4 is 0 Å². The van der Waals surface area contributed by atoms with E-state index < -0.39 is 0 Å². The lowest BCUT2D eigenvalue weighted by molar-refractivity contribution is -0.0197. The lowest BCUT2D eigenvalue weighted by Gasteiger charge is -2.27. The summed E-state index contributed by atoms with van der Waals surface area (Å²) in [5.74, 6) is 0.515. The topological polar surface area (TPSA) is 38.7 Å². The Morgan fingerprint density at radius 1 is 1.07 bits per heavy atom. The highest BCUT2D eigenvalue weighted by molar-refractivity contribution is 4.72. The fourth-order valence-electron chi connectivity index (χ4n) is 2.00. The third-order valence-corrected chi connectivity index (χ3v) is 2.98. The van der Waals surface area contributed by atoms with E-state index in [0.29, 0.717) is 31.8 Å². The van der Waals surface area contributed by atoms with E-state index in [1.54, 1.807) is 0 Å². The summed E-state index contributed by atoms with van der Waals surface area (Å²) >= 11 is 0. The highest BCUT2D eigenvalue weighted by Gasteiger charge is 2.20. The summed E-state index contributed by atoms with van der Waals surface area (Å²) in [6.45, 7) is 4.71. The molecule has 0 radical (unpaired) electrons. The Bertz CT molecular complexity index is 142. The van der Waals surface area contributed by atoms with E-state index in [0.717, 1.165) is 38.7 Å². The standard InChI is InChI=1S/C12H24O3/c1-2-7-14-8-9-15-12-5-3-11(10-13)4-6-12/h11-13H,2-10H2,1H3. The molecule has 1 N–H and O–H groups in total. The lowest BCUT2D eigenvalue weighted by atomic mass is 9.88. The van der Waals surface area contributed by atoms with Crippen molar-refractivity contribution in [2.45, 2.75) is 45.1 Å². The van der Waals surface area contributed by atoms with E-state index in [4.69, 9.17) is 14.6 Å². The van der Waals surface area contributed by atoms with Crippen molar-refractivity contribution in [2.75, 3.05) is 26.4 Å². The van der Waals surface area contributed by atoms with E-state index in [1.165, 1.54) is 0 Å². The van der Waals surface area contributed by atoms with Crippen LogP contribution >= 0.6 is 0 Å². The molecule has 3 heteroatoms. The monoisotopic (exact) mass is 216 g/mol. The van der Waals surface area contributed by atoms with Crippen molar-refractivity contribution in [1.29, 1.82) is 0 Å². The van der Waals surface area contributed by atoms with Crippen molar-refractivity contribution in [1.82, 2.24) is 0 Å². The zero-order chi connectivity index (χ0) is 10.9. The first-order valence-corrected chi connectivity index (χ1v) is 6.17. The molecule has 0 saturated heterocycles. The van der Waals surface area contributed by atoms with Crippen LogP contribution in [0.5, 0.6) is 0 Å². The van der Waals surface area contributed by atoms with Gasteiger partial charge in [0.15, 0.2) is 0 Å². The number of hydrogen-bond donors (Lipinski definition) is 1. The molecule has 15 heavy (non-hydrogen) atoms. The molecule has 0 heterocycles. The normalized spacial score (nSPS) is 26.8. The first-order valence-electron chi connectivity index (χ1n) is 6.17. The third kappa shape index (κ3) is 5.50. The highest BCUT2D eigenvalue weighted by Crippen LogP contribution is 2.25. The second-order valence-electron chi connectivity index (χ2n) is 4.31. The second kappa shape index (κ2) is 8.08. The summed E-state index contributed by atoms with van der Waals surface area (Å²) in [6.07, 6.45) is 5.88. The van der Waals surface area contributed by atoms with Gasteiger partial charge in [-0.05, 0) is 38.0 Å². The summed E-state index contributed by atoms with van der Waals surface area (Å²) in [5, 5.41) is 8.99. The molecule has 90 valence electrons. The van der Waals surface area contributed by atoms with Crippen molar-refractivity contribution >= 4 is 0 Å². The van der Waals surface area contributed by atoms with Gasteiger partial charge in [0.05, 0.1) is 19.3 Å². The maximum absolute atomic E-state index is 8.99. The van der Waals surface area contributed by atoms with Gasteiger partial charge in [-0.25, -0.2) is 0 Å². The Morgan fingerprint density at radius 2 is 1.80 bits per heavy atom. The van der Waals surface area contributed by atoms with Crippen molar-refractivity contribution in [3.8, 4) is 0 Å². The van der Waals surface area contributed by atoms with Crippen molar-refractivity contribution in [3.63, 3.8) is 0 Å². The van der Waals surface area contributed by atoms with Gasteiger partial charge in [-0.1, -0.05) is 6.92 Å². The van der Waals surface area contributed by atoms with Crippen LogP contribution in [0.25, 0.3) is 0 Å². The molecule has 0 amide bonds. The van der Waals surface area contributed by atoms with Crippen LogP contribution in [0, 0.1) is 5.92 Å². The molecule has 1 fully saturated rings. The van der Waals surface area contributed by atoms with Crippen LogP contribution in [-0.2, 0) is 9.47 Å². The third-order valence-electron chi connectivity index (χ3n) is 2.98. The van der Waals surface area contributed by atoms with E-state index in [9.17, 15) is 0 Å². The van der Waals surface area contributed by atoms with E-state index in [1.807, 2.05) is 0 Å². The average Bonchev–Trinajstić information content (AvgIpc) is 2.30. The largest absolute Gasteiger partial charge is 0.396 e. The van der Waals surface area contributed by atoms with Crippen LogP contribution in [-0.4, -0.2) is 37.6 Å². The summed E-state index contributed by atoms with van der Waals surface area (Å²) < 4.78 is 11.1. The Labute approximate surface area is 92.8 Å². The van der Waals surface area contributed by atoms with Crippen LogP contribution in [0.15, 0.2) is 0 Å². The quantitative estimate of drug-likeness (QED) is 0.661. The van der Waals surface area contributed by atoms with E-state index >= 15 is 0 Å². The summed E-state index contributed by atoms with van der Waals surface area (Å²) in [6, 6.07) is 0. The Hall–Kier alpha value is -0.120. The molecule has 1 aliphatic rings. The number of aliphatic hydroxyl groups is 1. The van der Waals surface area contributed by atoms with Gasteiger partial charge in [-0.15, -0.1) is 0 Å². The summed E-state index contributed by atoms with van der Waals surface area (Å²) in [7, 11) is 0. The number of ether oxygens (including phenoxy) is 2. The van der Waals surface area contributed by atoms with Gasteiger partial charge in [0.2, 0.25) is 0 Å². The Morgan fingerprint density at radius 3 is 2.40 bits per heavy atom. The minimum absolute atomic E-state index is 0.340. The molecule has 1 aliphatic carbocycles. The van der Waals surface area contributed by atoms with Gasteiger partial charge in [-0.2, -0.15) is 0 Å². The highest BCUT2D eigenvalue weighted by atomic mass is 16.5. The lowest BCUT2D eigenvalue weighted by Crippen LogP contribution is -2.24. The predicted molar refractivity (Wildman–Crippen MR) is 59.9 cm³/mol. The molecule has 0 spiro atoms. The maximum atomic E-state index is 8.99. The molecule has 0 aromatic carbocycles. The second-order valence-corrected chi connectivity index (χ2v) is 4.31. The molecule has 0 aliphatic heterocycles. The Balaban J connectivity index is 1.94. The van der Waals surface area contributed by atoms with Gasteiger partial charge >= 0.3 is 0 Å². The molecule has 3 nitrogen and oxygen atoms in total.